The zero-order valence-corrected chi connectivity index (χ0v) is 17.7. The molecule has 0 N–H and O–H groups in total. The largest absolute Gasteiger partial charge is 0.496 e. The Labute approximate surface area is 167 Å². The first-order chi connectivity index (χ1) is 13.3. The number of ether oxygens (including phenoxy) is 1. The SMILES string of the molecule is CCN(CC)c1ccc(/C=C/C2=[N+](C)c3ccc(F)cc3C2(C)C)c(OC)c1. The second kappa shape index (κ2) is 7.78. The average molecular weight is 382 g/mol. The topological polar surface area (TPSA) is 15.5 Å². The Morgan fingerprint density at radius 2 is 1.79 bits per heavy atom. The minimum atomic E-state index is -0.267. The molecule has 0 spiro atoms. The van der Waals surface area contributed by atoms with Gasteiger partial charge in [-0.2, -0.15) is 4.58 Å². The standard InChI is InChI=1S/C24H30FN2O/c1-7-27(8-2)19-12-9-17(22(16-19)28-6)10-14-23-24(3,4)20-15-18(25)11-13-21(20)26(23)5/h9-16H,7-8H2,1-6H3/q+1. The Balaban J connectivity index is 1.97. The van der Waals surface area contributed by atoms with E-state index in [0.29, 0.717) is 0 Å². The number of methoxy groups -OCH3 is 1. The molecular weight excluding hydrogens is 351 g/mol. The molecule has 1 aliphatic heterocycles. The first-order valence-corrected chi connectivity index (χ1v) is 9.85. The molecule has 28 heavy (non-hydrogen) atoms. The molecule has 0 unspecified atom stereocenters. The molecule has 0 radical (unpaired) electrons. The minimum absolute atomic E-state index is 0.195. The van der Waals surface area contributed by atoms with E-state index in [1.54, 1.807) is 13.2 Å². The third-order valence-corrected chi connectivity index (χ3v) is 5.76. The molecule has 0 aliphatic carbocycles. The highest BCUT2D eigenvalue weighted by Crippen LogP contribution is 2.40. The number of allylic oxidation sites excluding steroid dienone is 1. The molecule has 0 saturated heterocycles. The lowest BCUT2D eigenvalue weighted by Crippen LogP contribution is -2.26. The lowest BCUT2D eigenvalue weighted by molar-refractivity contribution is -0.401. The van der Waals surface area contributed by atoms with E-state index in [9.17, 15) is 4.39 Å². The van der Waals surface area contributed by atoms with Gasteiger partial charge in [-0.25, -0.2) is 4.39 Å². The van der Waals surface area contributed by atoms with Crippen LogP contribution in [0.2, 0.25) is 0 Å². The summed E-state index contributed by atoms with van der Waals surface area (Å²) in [5.41, 5.74) is 5.11. The van der Waals surface area contributed by atoms with Crippen molar-refractivity contribution in [3.8, 4) is 5.75 Å². The van der Waals surface area contributed by atoms with Crippen LogP contribution in [0.4, 0.5) is 15.8 Å². The van der Waals surface area contributed by atoms with Crippen molar-refractivity contribution in [2.45, 2.75) is 33.1 Å². The number of rotatable bonds is 6. The summed E-state index contributed by atoms with van der Waals surface area (Å²) in [5, 5.41) is 0. The predicted octanol–water partition coefficient (Wildman–Crippen LogP) is 5.40. The van der Waals surface area contributed by atoms with Gasteiger partial charge in [0, 0.05) is 48.1 Å². The average Bonchev–Trinajstić information content (AvgIpc) is 2.87. The van der Waals surface area contributed by atoms with Gasteiger partial charge in [0.15, 0.2) is 5.71 Å². The molecule has 1 heterocycles. The Hall–Kier alpha value is -2.62. The third kappa shape index (κ3) is 3.44. The summed E-state index contributed by atoms with van der Waals surface area (Å²) in [6, 6.07) is 11.3. The maximum atomic E-state index is 13.8. The van der Waals surface area contributed by atoms with Crippen molar-refractivity contribution < 1.29 is 13.7 Å². The lowest BCUT2D eigenvalue weighted by Gasteiger charge is -2.22. The van der Waals surface area contributed by atoms with Gasteiger partial charge in [0.25, 0.3) is 0 Å². The lowest BCUT2D eigenvalue weighted by atomic mass is 9.81. The normalized spacial score (nSPS) is 15.2. The van der Waals surface area contributed by atoms with Gasteiger partial charge in [-0.15, -0.1) is 0 Å². The van der Waals surface area contributed by atoms with E-state index < -0.39 is 0 Å². The first-order valence-electron chi connectivity index (χ1n) is 9.85. The first kappa shape index (κ1) is 20.1. The highest BCUT2D eigenvalue weighted by Gasteiger charge is 2.43. The molecule has 0 fully saturated rings. The third-order valence-electron chi connectivity index (χ3n) is 5.76. The van der Waals surface area contributed by atoms with E-state index in [4.69, 9.17) is 4.74 Å². The van der Waals surface area contributed by atoms with Crippen LogP contribution in [-0.4, -0.2) is 37.5 Å². The molecule has 148 valence electrons. The second-order valence-corrected chi connectivity index (χ2v) is 7.66. The fraction of sp³-hybridized carbons (Fsp3) is 0.375. The summed E-state index contributed by atoms with van der Waals surface area (Å²) in [5.74, 6) is 0.655. The van der Waals surface area contributed by atoms with Crippen LogP contribution in [0, 0.1) is 5.82 Å². The number of halogens is 1. The van der Waals surface area contributed by atoms with Crippen LogP contribution in [0.25, 0.3) is 6.08 Å². The number of hydrogen-bond donors (Lipinski definition) is 0. The molecule has 0 aromatic heterocycles. The summed E-state index contributed by atoms with van der Waals surface area (Å²) in [6.45, 7) is 10.5. The smallest absolute Gasteiger partial charge is 0.209 e. The van der Waals surface area contributed by atoms with E-state index in [0.717, 1.165) is 47.1 Å². The molecule has 4 heteroatoms. The number of benzene rings is 2. The predicted molar refractivity (Wildman–Crippen MR) is 116 cm³/mol. The van der Waals surface area contributed by atoms with E-state index in [2.05, 4.69) is 67.5 Å². The molecule has 3 rings (SSSR count). The zero-order chi connectivity index (χ0) is 20.5. The molecule has 3 nitrogen and oxygen atoms in total. The van der Waals surface area contributed by atoms with Crippen molar-refractivity contribution in [1.29, 1.82) is 0 Å². The van der Waals surface area contributed by atoms with Crippen molar-refractivity contribution in [2.24, 2.45) is 0 Å². The fourth-order valence-corrected chi connectivity index (χ4v) is 4.10. The van der Waals surface area contributed by atoms with Crippen molar-refractivity contribution in [2.75, 3.05) is 32.1 Å². The van der Waals surface area contributed by atoms with Crippen LogP contribution >= 0.6 is 0 Å². The summed E-state index contributed by atoms with van der Waals surface area (Å²) in [6.07, 6.45) is 4.20. The minimum Gasteiger partial charge on any atom is -0.496 e. The second-order valence-electron chi connectivity index (χ2n) is 7.66. The number of fused-ring (bicyclic) bond motifs is 1. The number of hydrogen-bond acceptors (Lipinski definition) is 2. The summed E-state index contributed by atoms with van der Waals surface area (Å²) in [4.78, 5) is 2.30. The Morgan fingerprint density at radius 1 is 1.07 bits per heavy atom. The maximum absolute atomic E-state index is 13.8. The van der Waals surface area contributed by atoms with Gasteiger partial charge >= 0.3 is 0 Å². The quantitative estimate of drug-likeness (QED) is 0.623. The van der Waals surface area contributed by atoms with Crippen LogP contribution in [0.15, 0.2) is 42.5 Å². The van der Waals surface area contributed by atoms with Gasteiger partial charge in [0.1, 0.15) is 18.6 Å². The van der Waals surface area contributed by atoms with Gasteiger partial charge < -0.3 is 9.64 Å². The van der Waals surface area contributed by atoms with Crippen LogP contribution < -0.4 is 9.64 Å². The highest BCUT2D eigenvalue weighted by atomic mass is 19.1. The summed E-state index contributed by atoms with van der Waals surface area (Å²) >= 11 is 0. The number of anilines is 1. The molecule has 0 saturated carbocycles. The van der Waals surface area contributed by atoms with E-state index in [1.165, 1.54) is 6.07 Å². The van der Waals surface area contributed by atoms with E-state index >= 15 is 0 Å². The van der Waals surface area contributed by atoms with Gasteiger partial charge in [-0.05, 0) is 58.0 Å². The molecule has 0 atom stereocenters. The van der Waals surface area contributed by atoms with Crippen molar-refractivity contribution in [3.63, 3.8) is 0 Å². The van der Waals surface area contributed by atoms with E-state index in [-0.39, 0.29) is 11.2 Å². The van der Waals surface area contributed by atoms with Crippen molar-refractivity contribution in [1.82, 2.24) is 0 Å². The monoisotopic (exact) mass is 381 g/mol. The number of nitrogens with zero attached hydrogens (tertiary/aromatic N) is 2. The Bertz CT molecular complexity index is 940. The zero-order valence-electron chi connectivity index (χ0n) is 17.7. The molecule has 2 aromatic rings. The summed E-state index contributed by atoms with van der Waals surface area (Å²) < 4.78 is 21.6. The van der Waals surface area contributed by atoms with Gasteiger partial charge in [-0.1, -0.05) is 0 Å². The van der Waals surface area contributed by atoms with Crippen molar-refractivity contribution >= 4 is 23.2 Å². The Kier molecular flexibility index (Phi) is 5.59. The highest BCUT2D eigenvalue weighted by molar-refractivity contribution is 6.05. The van der Waals surface area contributed by atoms with E-state index in [1.807, 2.05) is 13.1 Å². The summed E-state index contributed by atoms with van der Waals surface area (Å²) in [7, 11) is 3.74. The molecule has 2 aromatic carbocycles. The van der Waals surface area contributed by atoms with Crippen LogP contribution in [0.5, 0.6) is 5.75 Å². The van der Waals surface area contributed by atoms with Crippen LogP contribution in [-0.2, 0) is 5.41 Å². The van der Waals surface area contributed by atoms with Gasteiger partial charge in [-0.3, -0.25) is 0 Å². The molecule has 0 bridgehead atoms. The Morgan fingerprint density at radius 3 is 2.43 bits per heavy atom. The van der Waals surface area contributed by atoms with Crippen LogP contribution in [0.3, 0.4) is 0 Å². The molecule has 0 amide bonds. The van der Waals surface area contributed by atoms with Crippen LogP contribution in [0.1, 0.15) is 38.8 Å². The fourth-order valence-electron chi connectivity index (χ4n) is 4.10. The van der Waals surface area contributed by atoms with Gasteiger partial charge in [0.2, 0.25) is 5.69 Å². The van der Waals surface area contributed by atoms with Gasteiger partial charge in [0.05, 0.1) is 12.5 Å². The molecule has 1 aliphatic rings. The maximum Gasteiger partial charge on any atom is 0.209 e. The molecular formula is C24H30FN2O+. The van der Waals surface area contributed by atoms with Crippen molar-refractivity contribution in [3.05, 3.63) is 59.4 Å².